The average molecular weight is 374 g/mol. The number of nitrogens with zero attached hydrogens (tertiary/aromatic N) is 1. The summed E-state index contributed by atoms with van der Waals surface area (Å²) in [4.78, 5) is 37.6. The maximum atomic E-state index is 12.6. The van der Waals surface area contributed by atoms with Gasteiger partial charge in [0.2, 0.25) is 5.91 Å². The Morgan fingerprint density at radius 2 is 1.81 bits per heavy atom. The molecule has 2 amide bonds. The molecule has 2 aromatic carbocycles. The first-order chi connectivity index (χ1) is 12.5. The summed E-state index contributed by atoms with van der Waals surface area (Å²) in [7, 11) is 1.30. The van der Waals surface area contributed by atoms with Crippen molar-refractivity contribution in [2.75, 3.05) is 12.0 Å². The topological polar surface area (TPSA) is 80.3 Å². The average Bonchev–Trinajstić information content (AvgIpc) is 2.94. The van der Waals surface area contributed by atoms with Gasteiger partial charge in [-0.2, -0.15) is 0 Å². The molecule has 0 unspecified atom stereocenters. The predicted molar refractivity (Wildman–Crippen MR) is 95.8 cm³/mol. The summed E-state index contributed by atoms with van der Waals surface area (Å²) in [5.74, 6) is -0.974. The zero-order chi connectivity index (χ0) is 18.7. The van der Waals surface area contributed by atoms with Crippen LogP contribution in [0, 0.1) is 0 Å². The van der Waals surface area contributed by atoms with Crippen LogP contribution in [0.5, 0.6) is 0 Å². The van der Waals surface area contributed by atoms with Crippen molar-refractivity contribution >= 4 is 35.1 Å². The van der Waals surface area contributed by atoms with Crippen LogP contribution >= 0.6 is 11.6 Å². The van der Waals surface area contributed by atoms with Crippen molar-refractivity contribution in [1.82, 2.24) is 0 Å². The van der Waals surface area contributed by atoms with Crippen molar-refractivity contribution < 1.29 is 24.4 Å². The number of hydrogen-bond acceptors (Lipinski definition) is 4. The molecule has 0 saturated carbocycles. The molecule has 0 radical (unpaired) electrons. The fourth-order valence-corrected chi connectivity index (χ4v) is 3.00. The van der Waals surface area contributed by atoms with Gasteiger partial charge in [-0.15, -0.1) is 0 Å². The van der Waals surface area contributed by atoms with E-state index in [1.54, 1.807) is 24.3 Å². The van der Waals surface area contributed by atoms with Crippen LogP contribution in [-0.4, -0.2) is 30.9 Å². The van der Waals surface area contributed by atoms with Gasteiger partial charge in [0, 0.05) is 10.6 Å². The molecule has 1 aliphatic rings. The van der Waals surface area contributed by atoms with Crippen LogP contribution in [0.1, 0.15) is 22.3 Å². The minimum atomic E-state index is -0.468. The van der Waals surface area contributed by atoms with Crippen LogP contribution in [0.25, 0.3) is 0 Å². The number of quaternary nitrogens is 1. The standard InChI is InChI=1S/C19H17ClN2O4/c1-26-19(25)13-4-8-15(9-5-13)22-17(23)10-16(18(22)24)21-11-12-2-6-14(20)7-3-12/h2-9,16,21H,10-11H2,1H3/p+1/t16-/m1/s1. The lowest BCUT2D eigenvalue weighted by Gasteiger charge is -2.14. The van der Waals surface area contributed by atoms with E-state index in [0.717, 1.165) is 5.56 Å². The van der Waals surface area contributed by atoms with E-state index < -0.39 is 12.0 Å². The summed E-state index contributed by atoms with van der Waals surface area (Å²) in [5.41, 5.74) is 1.84. The fourth-order valence-electron chi connectivity index (χ4n) is 2.87. The first kappa shape index (κ1) is 18.1. The highest BCUT2D eigenvalue weighted by molar-refractivity contribution is 6.30. The lowest BCUT2D eigenvalue weighted by Crippen LogP contribution is -2.90. The minimum absolute atomic E-state index is 0.144. The van der Waals surface area contributed by atoms with Crippen molar-refractivity contribution in [2.45, 2.75) is 19.0 Å². The number of hydrogen-bond donors (Lipinski definition) is 1. The molecule has 7 heteroatoms. The second-order valence-electron chi connectivity index (χ2n) is 5.98. The van der Waals surface area contributed by atoms with Gasteiger partial charge in [0.05, 0.1) is 24.8 Å². The largest absolute Gasteiger partial charge is 0.465 e. The lowest BCUT2D eigenvalue weighted by atomic mass is 10.2. The number of benzene rings is 2. The number of carbonyl (C=O) groups is 3. The Morgan fingerprint density at radius 3 is 2.42 bits per heavy atom. The Kier molecular flexibility index (Phi) is 5.35. The molecule has 0 bridgehead atoms. The zero-order valence-corrected chi connectivity index (χ0v) is 14.9. The van der Waals surface area contributed by atoms with Crippen molar-refractivity contribution in [2.24, 2.45) is 0 Å². The molecule has 1 atom stereocenters. The third-order valence-corrected chi connectivity index (χ3v) is 4.53. The molecule has 6 nitrogen and oxygen atoms in total. The van der Waals surface area contributed by atoms with E-state index in [1.807, 2.05) is 17.4 Å². The maximum Gasteiger partial charge on any atom is 0.337 e. The van der Waals surface area contributed by atoms with E-state index >= 15 is 0 Å². The Balaban J connectivity index is 1.68. The summed E-state index contributed by atoms with van der Waals surface area (Å²) in [6, 6.07) is 13.1. The molecule has 0 aliphatic carbocycles. The van der Waals surface area contributed by atoms with Crippen LogP contribution in [-0.2, 0) is 20.9 Å². The third-order valence-electron chi connectivity index (χ3n) is 4.28. The van der Waals surface area contributed by atoms with Crippen LogP contribution < -0.4 is 10.2 Å². The van der Waals surface area contributed by atoms with Gasteiger partial charge >= 0.3 is 5.97 Å². The molecule has 1 saturated heterocycles. The van der Waals surface area contributed by atoms with Gasteiger partial charge in [-0.25, -0.2) is 9.69 Å². The molecule has 1 fully saturated rings. The molecular weight excluding hydrogens is 356 g/mol. The van der Waals surface area contributed by atoms with Gasteiger partial charge in [0.15, 0.2) is 6.04 Å². The van der Waals surface area contributed by atoms with E-state index in [1.165, 1.54) is 24.1 Å². The van der Waals surface area contributed by atoms with Crippen molar-refractivity contribution in [3.8, 4) is 0 Å². The number of amides is 2. The van der Waals surface area contributed by atoms with Crippen LogP contribution in [0.2, 0.25) is 5.02 Å². The van der Waals surface area contributed by atoms with Crippen molar-refractivity contribution in [1.29, 1.82) is 0 Å². The fraction of sp³-hybridized carbons (Fsp3) is 0.211. The van der Waals surface area contributed by atoms with Crippen LogP contribution in [0.3, 0.4) is 0 Å². The number of anilines is 1. The van der Waals surface area contributed by atoms with Gasteiger partial charge in [-0.1, -0.05) is 23.7 Å². The van der Waals surface area contributed by atoms with Crippen LogP contribution in [0.4, 0.5) is 5.69 Å². The van der Waals surface area contributed by atoms with Crippen molar-refractivity contribution in [3.63, 3.8) is 0 Å². The molecule has 1 heterocycles. The number of nitrogens with two attached hydrogens (primary N) is 1. The molecule has 1 aliphatic heterocycles. The number of esters is 1. The minimum Gasteiger partial charge on any atom is -0.465 e. The Bertz CT molecular complexity index is 834. The third kappa shape index (κ3) is 3.76. The lowest BCUT2D eigenvalue weighted by molar-refractivity contribution is -0.690. The van der Waals surface area contributed by atoms with E-state index in [0.29, 0.717) is 22.8 Å². The van der Waals surface area contributed by atoms with E-state index in [9.17, 15) is 14.4 Å². The molecule has 3 rings (SSSR count). The summed E-state index contributed by atoms with van der Waals surface area (Å²) in [6.07, 6.45) is 0.144. The molecule has 134 valence electrons. The van der Waals surface area contributed by atoms with Gasteiger partial charge in [-0.3, -0.25) is 9.59 Å². The van der Waals surface area contributed by atoms with Gasteiger partial charge < -0.3 is 10.1 Å². The van der Waals surface area contributed by atoms with Gasteiger partial charge in [0.1, 0.15) is 6.54 Å². The zero-order valence-electron chi connectivity index (χ0n) is 14.1. The number of carbonyl (C=O) groups excluding carboxylic acids is 3. The summed E-state index contributed by atoms with van der Waals surface area (Å²) >= 11 is 5.86. The number of methoxy groups -OCH3 is 1. The van der Waals surface area contributed by atoms with Gasteiger partial charge in [0.25, 0.3) is 5.91 Å². The van der Waals surface area contributed by atoms with E-state index in [-0.39, 0.29) is 18.2 Å². The quantitative estimate of drug-likeness (QED) is 0.636. The SMILES string of the molecule is COC(=O)c1ccc(N2C(=O)C[C@@H]([NH2+]Cc3ccc(Cl)cc3)C2=O)cc1. The van der Waals surface area contributed by atoms with Gasteiger partial charge in [-0.05, 0) is 36.4 Å². The first-order valence-electron chi connectivity index (χ1n) is 8.12. The molecular formula is C19H18ClN2O4+. The smallest absolute Gasteiger partial charge is 0.337 e. The molecule has 0 spiro atoms. The maximum absolute atomic E-state index is 12.6. The van der Waals surface area contributed by atoms with Crippen LogP contribution in [0.15, 0.2) is 48.5 Å². The highest BCUT2D eigenvalue weighted by Crippen LogP contribution is 2.22. The Labute approximate surface area is 155 Å². The monoisotopic (exact) mass is 373 g/mol. The highest BCUT2D eigenvalue weighted by Gasteiger charge is 2.42. The summed E-state index contributed by atoms with van der Waals surface area (Å²) in [5, 5.41) is 2.51. The number of imide groups is 1. The number of halogens is 1. The highest BCUT2D eigenvalue weighted by atomic mass is 35.5. The van der Waals surface area contributed by atoms with E-state index in [4.69, 9.17) is 11.6 Å². The molecule has 2 aromatic rings. The number of rotatable bonds is 5. The van der Waals surface area contributed by atoms with Crippen molar-refractivity contribution in [3.05, 3.63) is 64.7 Å². The molecule has 0 aromatic heterocycles. The first-order valence-corrected chi connectivity index (χ1v) is 8.50. The second kappa shape index (κ2) is 7.68. The molecule has 2 N–H and O–H groups in total. The van der Waals surface area contributed by atoms with E-state index in [2.05, 4.69) is 4.74 Å². The Morgan fingerprint density at radius 1 is 1.15 bits per heavy atom. The predicted octanol–water partition coefficient (Wildman–Crippen LogP) is 1.52. The molecule has 26 heavy (non-hydrogen) atoms. The Hall–Kier alpha value is -2.70. The second-order valence-corrected chi connectivity index (χ2v) is 6.42. The summed E-state index contributed by atoms with van der Waals surface area (Å²) < 4.78 is 4.64. The normalized spacial score (nSPS) is 16.8. The number of ether oxygens (including phenoxy) is 1. The summed E-state index contributed by atoms with van der Waals surface area (Å²) in [6.45, 7) is 0.579.